The number of hydrogen-bond acceptors (Lipinski definition) is 4. The van der Waals surface area contributed by atoms with Crippen molar-refractivity contribution >= 4 is 16.8 Å². The van der Waals surface area contributed by atoms with Crippen molar-refractivity contribution in [1.29, 1.82) is 0 Å². The van der Waals surface area contributed by atoms with E-state index in [0.29, 0.717) is 17.1 Å². The normalized spacial score (nSPS) is 12.8. The Kier molecular flexibility index (Phi) is 2.95. The molecule has 0 saturated carbocycles. The number of rotatable bonds is 2. The number of benzene rings is 1. The van der Waals surface area contributed by atoms with E-state index >= 15 is 0 Å². The van der Waals surface area contributed by atoms with Gasteiger partial charge in [0, 0.05) is 22.7 Å². The minimum atomic E-state index is -0.842. The van der Waals surface area contributed by atoms with Gasteiger partial charge in [0.15, 0.2) is 0 Å². The maximum Gasteiger partial charge on any atom is 0.134 e. The van der Waals surface area contributed by atoms with E-state index in [9.17, 15) is 5.11 Å². The third-order valence-corrected chi connectivity index (χ3v) is 3.47. The zero-order chi connectivity index (χ0) is 14.3. The zero-order valence-electron chi connectivity index (χ0n) is 11.4. The van der Waals surface area contributed by atoms with Crippen molar-refractivity contribution in [3.05, 3.63) is 59.0 Å². The number of furan rings is 1. The number of nitrogens with zero attached hydrogens (tertiary/aromatic N) is 1. The molecule has 4 nitrogen and oxygen atoms in total. The van der Waals surface area contributed by atoms with Crippen LogP contribution in [0.25, 0.3) is 11.0 Å². The maximum atomic E-state index is 10.7. The molecule has 0 bridgehead atoms. The molecular weight excluding hydrogens is 252 g/mol. The number of pyridine rings is 1. The number of nitrogens with two attached hydrogens (primary N) is 1. The maximum absolute atomic E-state index is 10.7. The lowest BCUT2D eigenvalue weighted by Crippen LogP contribution is -2.06. The number of para-hydroxylation sites is 1. The van der Waals surface area contributed by atoms with Crippen molar-refractivity contribution in [1.82, 2.24) is 4.98 Å². The van der Waals surface area contributed by atoms with Crippen LogP contribution in [0.5, 0.6) is 0 Å². The predicted molar refractivity (Wildman–Crippen MR) is 78.4 cm³/mol. The molecule has 0 amide bonds. The average Bonchev–Trinajstić information content (AvgIpc) is 2.76. The van der Waals surface area contributed by atoms with E-state index in [1.54, 1.807) is 6.20 Å². The summed E-state index contributed by atoms with van der Waals surface area (Å²) >= 11 is 0. The van der Waals surface area contributed by atoms with E-state index in [2.05, 4.69) is 4.98 Å². The molecule has 2 aromatic heterocycles. The SMILES string of the molecule is Cc1cnc(N)c(C(O)c2c(C)oc3ccccc23)c1. The number of fused-ring (bicyclic) bond motifs is 1. The van der Waals surface area contributed by atoms with Crippen LogP contribution < -0.4 is 5.73 Å². The Morgan fingerprint density at radius 2 is 2.00 bits per heavy atom. The minimum Gasteiger partial charge on any atom is -0.461 e. The number of aromatic nitrogens is 1. The van der Waals surface area contributed by atoms with E-state index in [4.69, 9.17) is 10.2 Å². The number of aliphatic hydroxyl groups excluding tert-OH is 1. The van der Waals surface area contributed by atoms with Crippen LogP contribution >= 0.6 is 0 Å². The molecule has 0 radical (unpaired) electrons. The highest BCUT2D eigenvalue weighted by Gasteiger charge is 2.22. The summed E-state index contributed by atoms with van der Waals surface area (Å²) in [6, 6.07) is 9.50. The van der Waals surface area contributed by atoms with Crippen LogP contribution in [-0.2, 0) is 0 Å². The number of aryl methyl sites for hydroxylation is 2. The Morgan fingerprint density at radius 1 is 1.25 bits per heavy atom. The minimum absolute atomic E-state index is 0.341. The van der Waals surface area contributed by atoms with Crippen LogP contribution in [0.3, 0.4) is 0 Å². The summed E-state index contributed by atoms with van der Waals surface area (Å²) < 4.78 is 5.69. The van der Waals surface area contributed by atoms with Gasteiger partial charge in [0.25, 0.3) is 0 Å². The largest absolute Gasteiger partial charge is 0.461 e. The molecule has 0 aliphatic rings. The Labute approximate surface area is 116 Å². The summed E-state index contributed by atoms with van der Waals surface area (Å²) in [5, 5.41) is 11.6. The van der Waals surface area contributed by atoms with Crippen LogP contribution in [0.1, 0.15) is 28.6 Å². The zero-order valence-corrected chi connectivity index (χ0v) is 11.4. The predicted octanol–water partition coefficient (Wildman–Crippen LogP) is 3.11. The van der Waals surface area contributed by atoms with Crippen LogP contribution in [0.2, 0.25) is 0 Å². The second-order valence-corrected chi connectivity index (χ2v) is 4.96. The Balaban J connectivity index is 2.20. The number of aliphatic hydroxyl groups is 1. The van der Waals surface area contributed by atoms with Gasteiger partial charge >= 0.3 is 0 Å². The molecule has 1 atom stereocenters. The number of anilines is 1. The summed E-state index contributed by atoms with van der Waals surface area (Å²) in [6.07, 6.45) is 0.845. The van der Waals surface area contributed by atoms with Crippen LogP contribution in [0.15, 0.2) is 40.9 Å². The summed E-state index contributed by atoms with van der Waals surface area (Å²) in [5.74, 6) is 1.03. The van der Waals surface area contributed by atoms with Gasteiger partial charge in [-0.05, 0) is 31.5 Å². The quantitative estimate of drug-likeness (QED) is 0.749. The molecule has 3 aromatic rings. The topological polar surface area (TPSA) is 72.3 Å². The first kappa shape index (κ1) is 12.7. The van der Waals surface area contributed by atoms with Gasteiger partial charge in [0.2, 0.25) is 0 Å². The molecule has 3 rings (SSSR count). The highest BCUT2D eigenvalue weighted by Crippen LogP contribution is 2.35. The molecule has 1 aromatic carbocycles. The first-order valence-corrected chi connectivity index (χ1v) is 6.46. The molecule has 0 spiro atoms. The van der Waals surface area contributed by atoms with Crippen molar-refractivity contribution in [3.63, 3.8) is 0 Å². The van der Waals surface area contributed by atoms with E-state index in [-0.39, 0.29) is 0 Å². The molecule has 0 aliphatic heterocycles. The van der Waals surface area contributed by atoms with Crippen LogP contribution in [0, 0.1) is 13.8 Å². The Bertz CT molecular complexity index is 777. The number of nitrogen functional groups attached to an aromatic ring is 1. The lowest BCUT2D eigenvalue weighted by Gasteiger charge is -2.13. The van der Waals surface area contributed by atoms with Gasteiger partial charge in [-0.25, -0.2) is 4.98 Å². The van der Waals surface area contributed by atoms with Gasteiger partial charge in [-0.1, -0.05) is 18.2 Å². The fraction of sp³-hybridized carbons (Fsp3) is 0.188. The van der Waals surface area contributed by atoms with E-state index in [0.717, 1.165) is 22.1 Å². The molecule has 0 aliphatic carbocycles. The fourth-order valence-corrected chi connectivity index (χ4v) is 2.50. The van der Waals surface area contributed by atoms with Crippen molar-refractivity contribution in [2.24, 2.45) is 0 Å². The monoisotopic (exact) mass is 268 g/mol. The van der Waals surface area contributed by atoms with E-state index < -0.39 is 6.10 Å². The highest BCUT2D eigenvalue weighted by molar-refractivity contribution is 5.83. The second-order valence-electron chi connectivity index (χ2n) is 4.96. The molecule has 102 valence electrons. The third-order valence-electron chi connectivity index (χ3n) is 3.47. The summed E-state index contributed by atoms with van der Waals surface area (Å²) in [7, 11) is 0. The van der Waals surface area contributed by atoms with Gasteiger partial charge in [0.1, 0.15) is 23.3 Å². The summed E-state index contributed by atoms with van der Waals surface area (Å²) in [4.78, 5) is 4.11. The van der Waals surface area contributed by atoms with Crippen molar-refractivity contribution in [3.8, 4) is 0 Å². The smallest absolute Gasteiger partial charge is 0.134 e. The fourth-order valence-electron chi connectivity index (χ4n) is 2.50. The molecule has 3 N–H and O–H groups in total. The van der Waals surface area contributed by atoms with E-state index in [1.165, 1.54) is 0 Å². The molecule has 4 heteroatoms. The standard InChI is InChI=1S/C16H16N2O2/c1-9-7-12(16(17)18-8-9)15(19)14-10(2)20-13-6-4-3-5-11(13)14/h3-8,15,19H,1-2H3,(H2,17,18). The second kappa shape index (κ2) is 4.65. The van der Waals surface area contributed by atoms with Gasteiger partial charge < -0.3 is 15.3 Å². The van der Waals surface area contributed by atoms with Crippen molar-refractivity contribution in [2.75, 3.05) is 5.73 Å². The van der Waals surface area contributed by atoms with Crippen molar-refractivity contribution < 1.29 is 9.52 Å². The number of hydrogen-bond donors (Lipinski definition) is 2. The lowest BCUT2D eigenvalue weighted by molar-refractivity contribution is 0.219. The van der Waals surface area contributed by atoms with Gasteiger partial charge in [-0.3, -0.25) is 0 Å². The molecule has 1 unspecified atom stereocenters. The lowest BCUT2D eigenvalue weighted by atomic mass is 9.98. The van der Waals surface area contributed by atoms with Crippen molar-refractivity contribution in [2.45, 2.75) is 20.0 Å². The van der Waals surface area contributed by atoms with Gasteiger partial charge in [0.05, 0.1) is 0 Å². The first-order chi connectivity index (χ1) is 9.58. The van der Waals surface area contributed by atoms with Gasteiger partial charge in [-0.15, -0.1) is 0 Å². The molecule has 0 fully saturated rings. The molecule has 0 saturated heterocycles. The van der Waals surface area contributed by atoms with Crippen LogP contribution in [0.4, 0.5) is 5.82 Å². The Morgan fingerprint density at radius 3 is 2.80 bits per heavy atom. The van der Waals surface area contributed by atoms with E-state index in [1.807, 2.05) is 44.2 Å². The van der Waals surface area contributed by atoms with Gasteiger partial charge in [-0.2, -0.15) is 0 Å². The molecular formula is C16H16N2O2. The first-order valence-electron chi connectivity index (χ1n) is 6.46. The summed E-state index contributed by atoms with van der Waals surface area (Å²) in [5.41, 5.74) is 8.97. The highest BCUT2D eigenvalue weighted by atomic mass is 16.3. The summed E-state index contributed by atoms with van der Waals surface area (Å²) in [6.45, 7) is 3.76. The van der Waals surface area contributed by atoms with Crippen LogP contribution in [-0.4, -0.2) is 10.1 Å². The third kappa shape index (κ3) is 1.94. The molecule has 2 heterocycles. The Hall–Kier alpha value is -2.33. The molecule has 20 heavy (non-hydrogen) atoms. The average molecular weight is 268 g/mol.